The van der Waals surface area contributed by atoms with Gasteiger partial charge in [-0.1, -0.05) is 26.0 Å². The number of nitrogens with zero attached hydrogens (tertiary/aromatic N) is 3. The highest BCUT2D eigenvalue weighted by molar-refractivity contribution is 5.82. The summed E-state index contributed by atoms with van der Waals surface area (Å²) in [5.74, 6) is -0.521. The highest BCUT2D eigenvalue weighted by atomic mass is 19.3. The van der Waals surface area contributed by atoms with Crippen LogP contribution >= 0.6 is 0 Å². The van der Waals surface area contributed by atoms with Crippen LogP contribution in [0.2, 0.25) is 0 Å². The molecule has 7 nitrogen and oxygen atoms in total. The van der Waals surface area contributed by atoms with Crippen LogP contribution in [-0.4, -0.2) is 27.7 Å². The minimum atomic E-state index is -2.81. The van der Waals surface area contributed by atoms with Crippen LogP contribution in [0.15, 0.2) is 39.6 Å². The van der Waals surface area contributed by atoms with Crippen molar-refractivity contribution in [1.29, 1.82) is 0 Å². The Morgan fingerprint density at radius 1 is 1.30 bits per heavy atom. The highest BCUT2D eigenvalue weighted by Gasteiger charge is 2.25. The SMILES string of the molecule is COc1cc(=O)n(CC(=O)Cc2ccc3oc(C(F)F)nc3c2)nc1C1=CCC(C)(C)CC1. The van der Waals surface area contributed by atoms with Gasteiger partial charge >= 0.3 is 6.43 Å². The molecule has 2 heterocycles. The molecule has 0 spiro atoms. The van der Waals surface area contributed by atoms with E-state index >= 15 is 0 Å². The third-order valence-corrected chi connectivity index (χ3v) is 5.84. The standard InChI is InChI=1S/C24H25F2N3O4/c1-24(2)8-6-15(7-9-24)21-19(32-3)12-20(31)29(28-21)13-16(30)10-14-4-5-18-17(11-14)27-23(33-18)22(25)26/h4-6,11-12,22H,7-10,13H2,1-3H3. The number of aromatic nitrogens is 3. The van der Waals surface area contributed by atoms with Crippen LogP contribution in [0, 0.1) is 5.41 Å². The minimum absolute atomic E-state index is 0.000813. The van der Waals surface area contributed by atoms with Gasteiger partial charge < -0.3 is 9.15 Å². The predicted octanol–water partition coefficient (Wildman–Crippen LogP) is 4.74. The normalized spacial score (nSPS) is 15.6. The van der Waals surface area contributed by atoms with Crippen molar-refractivity contribution in [2.75, 3.05) is 7.11 Å². The molecule has 0 saturated carbocycles. The Morgan fingerprint density at radius 2 is 2.09 bits per heavy atom. The molecule has 0 bridgehead atoms. The number of fused-ring (bicyclic) bond motifs is 1. The Morgan fingerprint density at radius 3 is 2.76 bits per heavy atom. The zero-order valence-corrected chi connectivity index (χ0v) is 18.7. The number of hydrogen-bond acceptors (Lipinski definition) is 6. The molecule has 0 radical (unpaired) electrons. The Bertz CT molecular complexity index is 1290. The van der Waals surface area contributed by atoms with Crippen LogP contribution in [0.1, 0.15) is 56.7 Å². The molecule has 3 aromatic rings. The molecule has 1 aliphatic rings. The first kappa shape index (κ1) is 22.8. The minimum Gasteiger partial charge on any atom is -0.494 e. The summed E-state index contributed by atoms with van der Waals surface area (Å²) in [6.45, 7) is 4.19. The molecule has 0 atom stereocenters. The van der Waals surface area contributed by atoms with Crippen LogP contribution in [-0.2, 0) is 17.8 Å². The van der Waals surface area contributed by atoms with E-state index in [1.54, 1.807) is 6.07 Å². The summed E-state index contributed by atoms with van der Waals surface area (Å²) < 4.78 is 37.1. The predicted molar refractivity (Wildman–Crippen MR) is 118 cm³/mol. The van der Waals surface area contributed by atoms with Gasteiger partial charge in [0.1, 0.15) is 17.8 Å². The molecule has 0 N–H and O–H groups in total. The number of ketones is 1. The number of rotatable bonds is 7. The lowest BCUT2D eigenvalue weighted by molar-refractivity contribution is -0.119. The Hall–Kier alpha value is -3.36. The first-order valence-electron chi connectivity index (χ1n) is 10.7. The molecule has 9 heteroatoms. The van der Waals surface area contributed by atoms with E-state index in [1.807, 2.05) is 0 Å². The molecule has 1 aromatic carbocycles. The maximum atomic E-state index is 12.8. The number of methoxy groups -OCH3 is 1. The molecule has 2 aromatic heterocycles. The second kappa shape index (κ2) is 8.88. The molecule has 0 amide bonds. The fraction of sp³-hybridized carbons (Fsp3) is 0.417. The molecule has 4 rings (SSSR count). The van der Waals surface area contributed by atoms with Crippen LogP contribution in [0.3, 0.4) is 0 Å². The van der Waals surface area contributed by atoms with Gasteiger partial charge in [-0.2, -0.15) is 13.9 Å². The second-order valence-electron chi connectivity index (χ2n) is 9.03. The van der Waals surface area contributed by atoms with Crippen molar-refractivity contribution in [3.63, 3.8) is 0 Å². The van der Waals surface area contributed by atoms with Crippen LogP contribution in [0.5, 0.6) is 5.75 Å². The Labute approximate surface area is 189 Å². The van der Waals surface area contributed by atoms with Crippen LogP contribution in [0.25, 0.3) is 16.7 Å². The van der Waals surface area contributed by atoms with Crippen LogP contribution in [0.4, 0.5) is 8.78 Å². The fourth-order valence-corrected chi connectivity index (χ4v) is 3.90. The molecule has 0 aliphatic heterocycles. The monoisotopic (exact) mass is 457 g/mol. The number of carbonyl (C=O) groups is 1. The summed E-state index contributed by atoms with van der Waals surface area (Å²) in [6.07, 6.45) is 1.99. The van der Waals surface area contributed by atoms with E-state index in [0.29, 0.717) is 17.0 Å². The summed E-state index contributed by atoms with van der Waals surface area (Å²) in [5.41, 5.74) is 2.41. The highest BCUT2D eigenvalue weighted by Crippen LogP contribution is 2.39. The van der Waals surface area contributed by atoms with Crippen molar-refractivity contribution in [3.05, 3.63) is 57.8 Å². The lowest BCUT2D eigenvalue weighted by Crippen LogP contribution is -2.28. The molecule has 33 heavy (non-hydrogen) atoms. The smallest absolute Gasteiger partial charge is 0.313 e. The maximum Gasteiger partial charge on any atom is 0.313 e. The number of hydrogen-bond donors (Lipinski definition) is 0. The topological polar surface area (TPSA) is 87.2 Å². The fourth-order valence-electron chi connectivity index (χ4n) is 3.90. The lowest BCUT2D eigenvalue weighted by atomic mass is 9.78. The van der Waals surface area contributed by atoms with E-state index < -0.39 is 17.9 Å². The van der Waals surface area contributed by atoms with E-state index in [-0.39, 0.29) is 35.3 Å². The van der Waals surface area contributed by atoms with Gasteiger partial charge in [0.25, 0.3) is 11.4 Å². The molecular formula is C24H25F2N3O4. The van der Waals surface area contributed by atoms with Gasteiger partial charge in [-0.25, -0.2) is 9.67 Å². The number of carbonyl (C=O) groups excluding carboxylic acids is 1. The third kappa shape index (κ3) is 5.02. The molecule has 0 fully saturated rings. The molecule has 0 unspecified atom stereocenters. The average molecular weight is 457 g/mol. The summed E-state index contributed by atoms with van der Waals surface area (Å²) in [5, 5.41) is 4.45. The van der Waals surface area contributed by atoms with Crippen molar-refractivity contribution >= 4 is 22.5 Å². The summed E-state index contributed by atoms with van der Waals surface area (Å²) in [7, 11) is 1.49. The quantitative estimate of drug-likeness (QED) is 0.510. The van der Waals surface area contributed by atoms with Crippen molar-refractivity contribution in [1.82, 2.24) is 14.8 Å². The van der Waals surface area contributed by atoms with Gasteiger partial charge in [-0.05, 0) is 47.9 Å². The van der Waals surface area contributed by atoms with Crippen molar-refractivity contribution in [3.8, 4) is 5.75 Å². The van der Waals surface area contributed by atoms with Gasteiger partial charge in [0.15, 0.2) is 17.1 Å². The van der Waals surface area contributed by atoms with Crippen LogP contribution < -0.4 is 10.3 Å². The van der Waals surface area contributed by atoms with Crippen molar-refractivity contribution in [2.45, 2.75) is 52.5 Å². The summed E-state index contributed by atoms with van der Waals surface area (Å²) in [4.78, 5) is 29.0. The zero-order chi connectivity index (χ0) is 23.8. The molecule has 174 valence electrons. The van der Waals surface area contributed by atoms with Gasteiger partial charge in [-0.15, -0.1) is 0 Å². The Kier molecular flexibility index (Phi) is 6.14. The average Bonchev–Trinajstić information content (AvgIpc) is 3.19. The number of oxazole rings is 1. The van der Waals surface area contributed by atoms with Crippen molar-refractivity contribution < 1.29 is 22.7 Å². The largest absolute Gasteiger partial charge is 0.494 e. The van der Waals surface area contributed by atoms with E-state index in [0.717, 1.165) is 29.5 Å². The molecule has 0 saturated heterocycles. The molecule has 1 aliphatic carbocycles. The van der Waals surface area contributed by atoms with E-state index in [9.17, 15) is 18.4 Å². The first-order valence-corrected chi connectivity index (χ1v) is 10.7. The van der Waals surface area contributed by atoms with E-state index in [4.69, 9.17) is 9.15 Å². The summed E-state index contributed by atoms with van der Waals surface area (Å²) >= 11 is 0. The van der Waals surface area contributed by atoms with E-state index in [2.05, 4.69) is 30.0 Å². The summed E-state index contributed by atoms with van der Waals surface area (Å²) in [6, 6.07) is 6.01. The van der Waals surface area contributed by atoms with Crippen molar-refractivity contribution in [2.24, 2.45) is 5.41 Å². The Balaban J connectivity index is 1.55. The number of alkyl halides is 2. The lowest BCUT2D eigenvalue weighted by Gasteiger charge is -2.28. The molecular weight excluding hydrogens is 432 g/mol. The number of benzene rings is 1. The maximum absolute atomic E-state index is 12.8. The van der Waals surface area contributed by atoms with Gasteiger partial charge in [0.05, 0.1) is 7.11 Å². The van der Waals surface area contributed by atoms with Gasteiger partial charge in [0.2, 0.25) is 0 Å². The first-order chi connectivity index (χ1) is 15.6. The zero-order valence-electron chi connectivity index (χ0n) is 18.7. The number of allylic oxidation sites excluding steroid dienone is 2. The number of Topliss-reactive ketones (excluding diaryl/α,β-unsaturated/α-hetero) is 1. The van der Waals surface area contributed by atoms with E-state index in [1.165, 1.54) is 25.3 Å². The number of halogens is 2. The van der Waals surface area contributed by atoms with Gasteiger partial charge in [0, 0.05) is 12.5 Å². The van der Waals surface area contributed by atoms with Gasteiger partial charge in [-0.3, -0.25) is 9.59 Å². The number of ether oxygens (including phenoxy) is 1. The third-order valence-electron chi connectivity index (χ3n) is 5.84. The second-order valence-corrected chi connectivity index (χ2v) is 9.03.